The predicted molar refractivity (Wildman–Crippen MR) is 74.9 cm³/mol. The number of hydrogen-bond acceptors (Lipinski definition) is 4. The summed E-state index contributed by atoms with van der Waals surface area (Å²) in [6.45, 7) is 1.01. The van der Waals surface area contributed by atoms with Gasteiger partial charge in [0.05, 0.1) is 7.11 Å². The number of nitrogens with zero attached hydrogens (tertiary/aromatic N) is 1. The van der Waals surface area contributed by atoms with Crippen molar-refractivity contribution < 1.29 is 14.3 Å². The smallest absolute Gasteiger partial charge is 0.260 e. The van der Waals surface area contributed by atoms with Crippen molar-refractivity contribution in [2.75, 3.05) is 26.0 Å². The normalized spacial score (nSPS) is 24.6. The van der Waals surface area contributed by atoms with E-state index < -0.39 is 0 Å². The van der Waals surface area contributed by atoms with Crippen LogP contribution in [0.1, 0.15) is 6.42 Å². The Labute approximate surface area is 117 Å². The topological polar surface area (TPSA) is 38.8 Å². The van der Waals surface area contributed by atoms with E-state index in [1.54, 1.807) is 7.11 Å². The Bertz CT molecular complexity index is 462. The van der Waals surface area contributed by atoms with Gasteiger partial charge in [-0.25, -0.2) is 0 Å². The highest BCUT2D eigenvalue weighted by Crippen LogP contribution is 2.37. The molecule has 19 heavy (non-hydrogen) atoms. The molecule has 1 aromatic carbocycles. The zero-order chi connectivity index (χ0) is 13.2. The summed E-state index contributed by atoms with van der Waals surface area (Å²) in [5.41, 5.74) is 0. The molecule has 2 aliphatic heterocycles. The molecule has 0 radical (unpaired) electrons. The van der Waals surface area contributed by atoms with Crippen LogP contribution in [-0.4, -0.2) is 48.1 Å². The quantitative estimate of drug-likeness (QED) is 0.842. The maximum absolute atomic E-state index is 12.1. The third-order valence-electron chi connectivity index (χ3n) is 3.64. The highest BCUT2D eigenvalue weighted by Gasteiger charge is 2.40. The highest BCUT2D eigenvalue weighted by atomic mass is 32.2. The second-order valence-corrected chi connectivity index (χ2v) is 6.19. The van der Waals surface area contributed by atoms with Gasteiger partial charge in [0.1, 0.15) is 11.5 Å². The number of amides is 1. The summed E-state index contributed by atoms with van der Waals surface area (Å²) in [5.74, 6) is 2.67. The number of hydrogen-bond donors (Lipinski definition) is 0. The first kappa shape index (κ1) is 12.7. The Morgan fingerprint density at radius 1 is 1.37 bits per heavy atom. The zero-order valence-corrected chi connectivity index (χ0v) is 11.7. The first-order valence-electron chi connectivity index (χ1n) is 6.44. The second-order valence-electron chi connectivity index (χ2n) is 4.86. The summed E-state index contributed by atoms with van der Waals surface area (Å²) < 4.78 is 10.6. The molecule has 0 spiro atoms. The lowest BCUT2D eigenvalue weighted by molar-refractivity contribution is -0.133. The molecule has 102 valence electrons. The van der Waals surface area contributed by atoms with Crippen molar-refractivity contribution >= 4 is 17.7 Å². The van der Waals surface area contributed by atoms with Gasteiger partial charge in [-0.2, -0.15) is 11.8 Å². The summed E-state index contributed by atoms with van der Waals surface area (Å²) in [5, 5.41) is 0.648. The van der Waals surface area contributed by atoms with Crippen LogP contribution < -0.4 is 9.47 Å². The monoisotopic (exact) mass is 279 g/mol. The average Bonchev–Trinajstić information content (AvgIpc) is 3.08. The Balaban J connectivity index is 1.52. The number of carbonyl (C=O) groups is 1. The van der Waals surface area contributed by atoms with Gasteiger partial charge in [0.15, 0.2) is 6.61 Å². The summed E-state index contributed by atoms with van der Waals surface area (Å²) in [6, 6.07) is 7.72. The average molecular weight is 279 g/mol. The first-order chi connectivity index (χ1) is 9.26. The zero-order valence-electron chi connectivity index (χ0n) is 10.9. The van der Waals surface area contributed by atoms with Crippen LogP contribution >= 0.6 is 11.8 Å². The van der Waals surface area contributed by atoms with Crippen LogP contribution in [0.15, 0.2) is 24.3 Å². The number of fused-ring (bicyclic) bond motifs is 2. The molecule has 4 nitrogen and oxygen atoms in total. The molecule has 0 aliphatic carbocycles. The van der Waals surface area contributed by atoms with E-state index in [9.17, 15) is 4.79 Å². The van der Waals surface area contributed by atoms with E-state index in [1.807, 2.05) is 40.9 Å². The molecule has 2 aliphatic rings. The fraction of sp³-hybridized carbons (Fsp3) is 0.500. The molecule has 2 saturated heterocycles. The molecule has 3 rings (SSSR count). The van der Waals surface area contributed by atoms with Crippen LogP contribution in [0.3, 0.4) is 0 Å². The van der Waals surface area contributed by atoms with Crippen molar-refractivity contribution in [2.24, 2.45) is 0 Å². The molecular formula is C14H17NO3S. The highest BCUT2D eigenvalue weighted by molar-refractivity contribution is 8.00. The van der Waals surface area contributed by atoms with Crippen molar-refractivity contribution in [2.45, 2.75) is 17.7 Å². The third kappa shape index (κ3) is 2.66. The number of thioether (sulfide) groups is 1. The first-order valence-corrected chi connectivity index (χ1v) is 7.49. The van der Waals surface area contributed by atoms with Crippen LogP contribution in [-0.2, 0) is 4.79 Å². The van der Waals surface area contributed by atoms with E-state index in [1.165, 1.54) is 0 Å². The fourth-order valence-corrected chi connectivity index (χ4v) is 4.04. The van der Waals surface area contributed by atoms with Gasteiger partial charge in [0.25, 0.3) is 5.91 Å². The van der Waals surface area contributed by atoms with Crippen LogP contribution in [0, 0.1) is 0 Å². The lowest BCUT2D eigenvalue weighted by Crippen LogP contribution is -2.41. The van der Waals surface area contributed by atoms with E-state index in [-0.39, 0.29) is 12.5 Å². The predicted octanol–water partition coefficient (Wildman–Crippen LogP) is 1.79. The lowest BCUT2D eigenvalue weighted by atomic mass is 10.2. The standard InChI is InChI=1S/C14H17NO3S/c1-17-11-2-4-12(5-3-11)18-8-14(16)15-7-13-6-10(15)9-19-13/h2-5,10,13H,6-9H2,1H3. The molecule has 2 fully saturated rings. The van der Waals surface area contributed by atoms with Gasteiger partial charge in [-0.05, 0) is 30.7 Å². The third-order valence-corrected chi connectivity index (χ3v) is 5.03. The minimum atomic E-state index is 0.101. The van der Waals surface area contributed by atoms with E-state index >= 15 is 0 Å². The molecule has 1 aromatic rings. The van der Waals surface area contributed by atoms with Gasteiger partial charge in [-0.3, -0.25) is 4.79 Å². The van der Waals surface area contributed by atoms with Crippen LogP contribution in [0.5, 0.6) is 11.5 Å². The molecule has 0 saturated carbocycles. The van der Waals surface area contributed by atoms with Crippen LogP contribution in [0.25, 0.3) is 0 Å². The Hall–Kier alpha value is -1.36. The fourth-order valence-electron chi connectivity index (χ4n) is 2.60. The van der Waals surface area contributed by atoms with Crippen molar-refractivity contribution in [1.82, 2.24) is 4.90 Å². The van der Waals surface area contributed by atoms with Gasteiger partial charge in [-0.1, -0.05) is 0 Å². The summed E-state index contributed by atoms with van der Waals surface area (Å²) in [6.07, 6.45) is 1.15. The van der Waals surface area contributed by atoms with E-state index in [0.717, 1.165) is 24.5 Å². The summed E-state index contributed by atoms with van der Waals surface area (Å²) >= 11 is 1.98. The number of benzene rings is 1. The van der Waals surface area contributed by atoms with Gasteiger partial charge in [0.2, 0.25) is 0 Å². The summed E-state index contributed by atoms with van der Waals surface area (Å²) in [4.78, 5) is 14.1. The SMILES string of the molecule is COc1ccc(OCC(=O)N2CC3CC2CS3)cc1. The van der Waals surface area contributed by atoms with Gasteiger partial charge < -0.3 is 14.4 Å². The second kappa shape index (κ2) is 5.33. The summed E-state index contributed by atoms with van der Waals surface area (Å²) in [7, 11) is 1.62. The van der Waals surface area contributed by atoms with Gasteiger partial charge in [-0.15, -0.1) is 0 Å². The van der Waals surface area contributed by atoms with E-state index in [4.69, 9.17) is 9.47 Å². The largest absolute Gasteiger partial charge is 0.497 e. The number of carbonyl (C=O) groups excluding carboxylic acids is 1. The van der Waals surface area contributed by atoms with E-state index in [0.29, 0.717) is 17.0 Å². The lowest BCUT2D eigenvalue weighted by Gasteiger charge is -2.26. The molecule has 2 heterocycles. The Morgan fingerprint density at radius 3 is 2.68 bits per heavy atom. The molecule has 2 bridgehead atoms. The molecule has 2 atom stereocenters. The van der Waals surface area contributed by atoms with Crippen LogP contribution in [0.4, 0.5) is 0 Å². The minimum Gasteiger partial charge on any atom is -0.497 e. The number of rotatable bonds is 4. The molecule has 2 unspecified atom stereocenters. The minimum absolute atomic E-state index is 0.101. The molecule has 0 aromatic heterocycles. The van der Waals surface area contributed by atoms with E-state index in [2.05, 4.69) is 0 Å². The van der Waals surface area contributed by atoms with Gasteiger partial charge in [0, 0.05) is 23.6 Å². The Morgan fingerprint density at radius 2 is 2.11 bits per heavy atom. The molecular weight excluding hydrogens is 262 g/mol. The number of methoxy groups -OCH3 is 1. The maximum Gasteiger partial charge on any atom is 0.260 e. The van der Waals surface area contributed by atoms with Crippen molar-refractivity contribution in [3.63, 3.8) is 0 Å². The van der Waals surface area contributed by atoms with Gasteiger partial charge >= 0.3 is 0 Å². The van der Waals surface area contributed by atoms with Crippen molar-refractivity contribution in [3.05, 3.63) is 24.3 Å². The maximum atomic E-state index is 12.1. The van der Waals surface area contributed by atoms with Crippen molar-refractivity contribution in [3.8, 4) is 11.5 Å². The number of ether oxygens (including phenoxy) is 2. The Kier molecular flexibility index (Phi) is 3.55. The molecule has 0 N–H and O–H groups in total. The number of likely N-dealkylation sites (tertiary alicyclic amines) is 1. The molecule has 5 heteroatoms. The van der Waals surface area contributed by atoms with Crippen molar-refractivity contribution in [1.29, 1.82) is 0 Å². The van der Waals surface area contributed by atoms with Crippen LogP contribution in [0.2, 0.25) is 0 Å². The molecule has 1 amide bonds.